The first-order valence-electron chi connectivity index (χ1n) is 5.40. The van der Waals surface area contributed by atoms with E-state index < -0.39 is 0 Å². The van der Waals surface area contributed by atoms with Gasteiger partial charge in [-0.2, -0.15) is 0 Å². The van der Waals surface area contributed by atoms with Gasteiger partial charge in [-0.1, -0.05) is 0 Å². The number of methoxy groups -OCH3 is 1. The van der Waals surface area contributed by atoms with Crippen molar-refractivity contribution >= 4 is 11.8 Å². The van der Waals surface area contributed by atoms with Gasteiger partial charge >= 0.3 is 0 Å². The summed E-state index contributed by atoms with van der Waals surface area (Å²) in [5, 5.41) is 5.65. The monoisotopic (exact) mass is 229 g/mol. The standard InChI is InChI=1S/C10H19N3O3/c1-11-10(15)8-7-13(5-4-12-8)9(14)3-6-16-2/h8,12H,3-7H2,1-2H3,(H,11,15)/t8-/m1/s1. The van der Waals surface area contributed by atoms with Gasteiger partial charge in [-0.05, 0) is 0 Å². The molecule has 0 radical (unpaired) electrons. The highest BCUT2D eigenvalue weighted by atomic mass is 16.5. The van der Waals surface area contributed by atoms with E-state index >= 15 is 0 Å². The van der Waals surface area contributed by atoms with Crippen molar-refractivity contribution in [3.8, 4) is 0 Å². The van der Waals surface area contributed by atoms with Crippen LogP contribution in [-0.4, -0.2) is 63.2 Å². The van der Waals surface area contributed by atoms with Crippen LogP contribution >= 0.6 is 0 Å². The summed E-state index contributed by atoms with van der Waals surface area (Å²) in [6, 6.07) is -0.301. The molecule has 2 amide bonds. The van der Waals surface area contributed by atoms with Crippen LogP contribution in [0.15, 0.2) is 0 Å². The molecule has 0 aromatic heterocycles. The lowest BCUT2D eigenvalue weighted by molar-refractivity contribution is -0.134. The molecule has 1 aliphatic rings. The quantitative estimate of drug-likeness (QED) is 0.620. The minimum atomic E-state index is -0.301. The van der Waals surface area contributed by atoms with Gasteiger partial charge in [0.15, 0.2) is 0 Å². The Morgan fingerprint density at radius 2 is 2.31 bits per heavy atom. The number of nitrogens with one attached hydrogen (secondary N) is 2. The number of hydrogen-bond acceptors (Lipinski definition) is 4. The molecular weight excluding hydrogens is 210 g/mol. The van der Waals surface area contributed by atoms with E-state index in [-0.39, 0.29) is 17.9 Å². The van der Waals surface area contributed by atoms with Crippen molar-refractivity contribution in [2.45, 2.75) is 12.5 Å². The molecule has 6 heteroatoms. The van der Waals surface area contributed by atoms with E-state index in [4.69, 9.17) is 4.74 Å². The van der Waals surface area contributed by atoms with Crippen LogP contribution in [0.25, 0.3) is 0 Å². The third kappa shape index (κ3) is 3.46. The second-order valence-corrected chi connectivity index (χ2v) is 3.70. The second kappa shape index (κ2) is 6.44. The first kappa shape index (κ1) is 12.9. The molecule has 1 aliphatic heterocycles. The van der Waals surface area contributed by atoms with Crippen LogP contribution in [-0.2, 0) is 14.3 Å². The number of carbonyl (C=O) groups is 2. The highest BCUT2D eigenvalue weighted by Gasteiger charge is 2.26. The molecule has 1 fully saturated rings. The van der Waals surface area contributed by atoms with E-state index in [2.05, 4.69) is 10.6 Å². The van der Waals surface area contributed by atoms with E-state index in [1.165, 1.54) is 0 Å². The van der Waals surface area contributed by atoms with E-state index in [9.17, 15) is 9.59 Å². The summed E-state index contributed by atoms with van der Waals surface area (Å²) < 4.78 is 4.86. The molecule has 1 rings (SSSR count). The highest BCUT2D eigenvalue weighted by molar-refractivity contribution is 5.83. The maximum Gasteiger partial charge on any atom is 0.238 e. The van der Waals surface area contributed by atoms with Crippen molar-refractivity contribution in [3.05, 3.63) is 0 Å². The molecule has 0 bridgehead atoms. The predicted octanol–water partition coefficient (Wildman–Crippen LogP) is -1.43. The van der Waals surface area contributed by atoms with Crippen LogP contribution in [0, 0.1) is 0 Å². The molecule has 0 saturated carbocycles. The molecular formula is C10H19N3O3. The fourth-order valence-electron chi connectivity index (χ4n) is 1.67. The van der Waals surface area contributed by atoms with Crippen LogP contribution in [0.4, 0.5) is 0 Å². The number of nitrogens with zero attached hydrogens (tertiary/aromatic N) is 1. The Balaban J connectivity index is 2.43. The topological polar surface area (TPSA) is 70.7 Å². The van der Waals surface area contributed by atoms with Gasteiger partial charge in [0.2, 0.25) is 11.8 Å². The maximum atomic E-state index is 11.7. The molecule has 1 saturated heterocycles. The fourth-order valence-corrected chi connectivity index (χ4v) is 1.67. The first-order chi connectivity index (χ1) is 7.69. The molecule has 2 N–H and O–H groups in total. The normalized spacial score (nSPS) is 20.6. The maximum absolute atomic E-state index is 11.7. The van der Waals surface area contributed by atoms with Gasteiger partial charge in [-0.3, -0.25) is 9.59 Å². The molecule has 0 unspecified atom stereocenters. The zero-order valence-corrected chi connectivity index (χ0v) is 9.78. The number of likely N-dealkylation sites (N-methyl/N-ethyl adjacent to an activating group) is 1. The molecule has 92 valence electrons. The predicted molar refractivity (Wildman–Crippen MR) is 58.9 cm³/mol. The Labute approximate surface area is 95.3 Å². The second-order valence-electron chi connectivity index (χ2n) is 3.70. The number of hydrogen-bond donors (Lipinski definition) is 2. The molecule has 6 nitrogen and oxygen atoms in total. The van der Waals surface area contributed by atoms with E-state index in [0.29, 0.717) is 32.7 Å². The summed E-state index contributed by atoms with van der Waals surface area (Å²) in [4.78, 5) is 24.8. The third-order valence-corrected chi connectivity index (χ3v) is 2.61. The lowest BCUT2D eigenvalue weighted by Gasteiger charge is -2.32. The van der Waals surface area contributed by atoms with Gasteiger partial charge in [0.25, 0.3) is 0 Å². The Morgan fingerprint density at radius 1 is 1.56 bits per heavy atom. The van der Waals surface area contributed by atoms with Gasteiger partial charge in [0, 0.05) is 33.8 Å². The highest BCUT2D eigenvalue weighted by Crippen LogP contribution is 2.02. The molecule has 0 aliphatic carbocycles. The van der Waals surface area contributed by atoms with Crippen LogP contribution in [0.2, 0.25) is 0 Å². The van der Waals surface area contributed by atoms with E-state index in [1.807, 2.05) is 0 Å². The number of rotatable bonds is 4. The number of amides is 2. The summed E-state index contributed by atoms with van der Waals surface area (Å²) in [6.07, 6.45) is 0.372. The summed E-state index contributed by atoms with van der Waals surface area (Å²) in [6.45, 7) is 2.16. The minimum Gasteiger partial charge on any atom is -0.384 e. The molecule has 0 spiro atoms. The summed E-state index contributed by atoms with van der Waals surface area (Å²) in [5.41, 5.74) is 0. The van der Waals surface area contributed by atoms with Gasteiger partial charge in [-0.15, -0.1) is 0 Å². The van der Waals surface area contributed by atoms with Gasteiger partial charge in [0.05, 0.1) is 13.0 Å². The average molecular weight is 229 g/mol. The number of piperazine rings is 1. The van der Waals surface area contributed by atoms with Crippen molar-refractivity contribution in [1.82, 2.24) is 15.5 Å². The number of ether oxygens (including phenoxy) is 1. The van der Waals surface area contributed by atoms with Gasteiger partial charge in [-0.25, -0.2) is 0 Å². The summed E-state index contributed by atoms with van der Waals surface area (Å²) >= 11 is 0. The Morgan fingerprint density at radius 3 is 2.94 bits per heavy atom. The zero-order valence-electron chi connectivity index (χ0n) is 9.78. The Kier molecular flexibility index (Phi) is 5.21. The van der Waals surface area contributed by atoms with Gasteiger partial charge < -0.3 is 20.3 Å². The lowest BCUT2D eigenvalue weighted by atomic mass is 10.2. The zero-order chi connectivity index (χ0) is 12.0. The first-order valence-corrected chi connectivity index (χ1v) is 5.40. The van der Waals surface area contributed by atoms with Crippen LogP contribution in [0.3, 0.4) is 0 Å². The number of carbonyl (C=O) groups excluding carboxylic acids is 2. The Hall–Kier alpha value is -1.14. The van der Waals surface area contributed by atoms with Crippen molar-refractivity contribution in [1.29, 1.82) is 0 Å². The van der Waals surface area contributed by atoms with Crippen molar-refractivity contribution < 1.29 is 14.3 Å². The van der Waals surface area contributed by atoms with Crippen LogP contribution in [0.1, 0.15) is 6.42 Å². The summed E-state index contributed by atoms with van der Waals surface area (Å²) in [7, 11) is 3.16. The Bertz CT molecular complexity index is 258. The molecule has 1 atom stereocenters. The minimum absolute atomic E-state index is 0.0391. The molecule has 16 heavy (non-hydrogen) atoms. The molecule has 0 aromatic carbocycles. The van der Waals surface area contributed by atoms with Crippen molar-refractivity contribution in [2.24, 2.45) is 0 Å². The lowest BCUT2D eigenvalue weighted by Crippen LogP contribution is -2.58. The van der Waals surface area contributed by atoms with E-state index in [1.54, 1.807) is 19.1 Å². The van der Waals surface area contributed by atoms with Crippen molar-refractivity contribution in [3.63, 3.8) is 0 Å². The summed E-state index contributed by atoms with van der Waals surface area (Å²) in [5.74, 6) is -0.0403. The molecule has 0 aromatic rings. The van der Waals surface area contributed by atoms with Crippen LogP contribution < -0.4 is 10.6 Å². The average Bonchev–Trinajstić information content (AvgIpc) is 2.35. The largest absolute Gasteiger partial charge is 0.384 e. The smallest absolute Gasteiger partial charge is 0.238 e. The third-order valence-electron chi connectivity index (χ3n) is 2.61. The van der Waals surface area contributed by atoms with Gasteiger partial charge in [0.1, 0.15) is 6.04 Å². The SMILES string of the molecule is CNC(=O)[C@H]1CN(C(=O)CCOC)CCN1. The molecule has 1 heterocycles. The van der Waals surface area contributed by atoms with E-state index in [0.717, 1.165) is 0 Å². The van der Waals surface area contributed by atoms with Crippen molar-refractivity contribution in [2.75, 3.05) is 40.4 Å². The van der Waals surface area contributed by atoms with Crippen LogP contribution in [0.5, 0.6) is 0 Å². The fraction of sp³-hybridized carbons (Fsp3) is 0.800.